The monoisotopic (exact) mass is 449 g/mol. The predicted octanol–water partition coefficient (Wildman–Crippen LogP) is 3.33. The van der Waals surface area contributed by atoms with Crippen molar-refractivity contribution in [2.45, 2.75) is 43.0 Å². The maximum atomic E-state index is 13.1. The molecule has 2 fully saturated rings. The van der Waals surface area contributed by atoms with E-state index in [1.807, 2.05) is 0 Å². The highest BCUT2D eigenvalue weighted by Gasteiger charge is 2.58. The van der Waals surface area contributed by atoms with Crippen molar-refractivity contribution in [1.29, 1.82) is 0 Å². The minimum Gasteiger partial charge on any atom is -0.390 e. The van der Waals surface area contributed by atoms with Crippen LogP contribution in [0.15, 0.2) is 30.3 Å². The third kappa shape index (κ3) is 3.89. The van der Waals surface area contributed by atoms with E-state index in [2.05, 4.69) is 10.4 Å². The molecule has 5 unspecified atom stereocenters. The van der Waals surface area contributed by atoms with Gasteiger partial charge in [0, 0.05) is 30.8 Å². The van der Waals surface area contributed by atoms with Crippen LogP contribution in [0.25, 0.3) is 0 Å². The fraction of sp³-hybridized carbons (Fsp3) is 0.474. The van der Waals surface area contributed by atoms with E-state index >= 15 is 0 Å². The zero-order chi connectivity index (χ0) is 22.7. The molecule has 12 heteroatoms. The first-order valence-electron chi connectivity index (χ1n) is 9.29. The molecule has 6 nitrogen and oxygen atoms in total. The highest BCUT2D eigenvalue weighted by atomic mass is 19.4. The van der Waals surface area contributed by atoms with Crippen LogP contribution in [0.1, 0.15) is 29.3 Å². The molecule has 4 rings (SSSR count). The number of carbonyl (C=O) groups is 1. The molecule has 2 bridgehead atoms. The first-order valence-corrected chi connectivity index (χ1v) is 9.29. The molecule has 2 aliphatic heterocycles. The summed E-state index contributed by atoms with van der Waals surface area (Å²) in [5.74, 6) is -2.67. The van der Waals surface area contributed by atoms with Crippen molar-refractivity contribution in [3.05, 3.63) is 47.3 Å². The summed E-state index contributed by atoms with van der Waals surface area (Å²) in [5.41, 5.74) is -2.17. The Bertz CT molecular complexity index is 1000. The number of nitrogens with zero attached hydrogens (tertiary/aromatic N) is 2. The van der Waals surface area contributed by atoms with Gasteiger partial charge in [-0.15, -0.1) is 0 Å². The number of ether oxygens (including phenoxy) is 1. The van der Waals surface area contributed by atoms with Crippen LogP contribution >= 0.6 is 0 Å². The number of benzene rings is 1. The molecule has 1 aromatic carbocycles. The number of nitrogens with one attached hydrogen (secondary N) is 1. The van der Waals surface area contributed by atoms with Gasteiger partial charge in [0.2, 0.25) is 5.91 Å². The summed E-state index contributed by atoms with van der Waals surface area (Å²) in [6.07, 6.45) is -11.9. The standard InChI is InChI=1S/C19H17F6N3O3/c1-28-10(6-13(27-28)19(23,24)25)14-15(12-7-11(29)16(14)31-12)17(30)26-9-4-2-3-8(5-9)18(20,21)22/h2-6,11-12,14-16,29H,7H2,1H3,(H,26,30). The van der Waals surface area contributed by atoms with E-state index in [-0.39, 0.29) is 17.8 Å². The lowest BCUT2D eigenvalue weighted by atomic mass is 9.75. The first kappa shape index (κ1) is 21.6. The summed E-state index contributed by atoms with van der Waals surface area (Å²) in [6, 6.07) is 4.82. The zero-order valence-corrected chi connectivity index (χ0v) is 15.9. The summed E-state index contributed by atoms with van der Waals surface area (Å²) >= 11 is 0. The van der Waals surface area contributed by atoms with Crippen LogP contribution in [0.5, 0.6) is 0 Å². The summed E-state index contributed by atoms with van der Waals surface area (Å²) < 4.78 is 84.7. The first-order chi connectivity index (χ1) is 14.4. The number of amides is 1. The molecule has 2 saturated heterocycles. The van der Waals surface area contributed by atoms with Crippen molar-refractivity contribution in [2.75, 3.05) is 5.32 Å². The van der Waals surface area contributed by atoms with E-state index in [4.69, 9.17) is 4.74 Å². The molecule has 0 spiro atoms. The Balaban J connectivity index is 1.64. The molecule has 2 N–H and O–H groups in total. The summed E-state index contributed by atoms with van der Waals surface area (Å²) in [6.45, 7) is 0. The molecule has 168 valence electrons. The molecule has 1 amide bonds. The second kappa shape index (κ2) is 7.23. The van der Waals surface area contributed by atoms with Crippen LogP contribution in [0.4, 0.5) is 32.0 Å². The van der Waals surface area contributed by atoms with Crippen LogP contribution < -0.4 is 5.32 Å². The number of alkyl halides is 6. The van der Waals surface area contributed by atoms with Gasteiger partial charge in [-0.25, -0.2) is 0 Å². The molecule has 3 heterocycles. The molecule has 0 saturated carbocycles. The Morgan fingerprint density at radius 3 is 2.52 bits per heavy atom. The van der Waals surface area contributed by atoms with Crippen molar-refractivity contribution in [3.8, 4) is 0 Å². The average molecular weight is 449 g/mol. The Kier molecular flexibility index (Phi) is 5.04. The van der Waals surface area contributed by atoms with Gasteiger partial charge in [-0.2, -0.15) is 31.4 Å². The van der Waals surface area contributed by atoms with Crippen LogP contribution in [0.2, 0.25) is 0 Å². The number of carbonyl (C=O) groups excluding carboxylic acids is 1. The zero-order valence-electron chi connectivity index (χ0n) is 15.9. The van der Waals surface area contributed by atoms with Gasteiger partial charge in [0.15, 0.2) is 5.69 Å². The minimum atomic E-state index is -4.71. The number of hydrogen-bond donors (Lipinski definition) is 2. The Morgan fingerprint density at radius 2 is 1.90 bits per heavy atom. The Morgan fingerprint density at radius 1 is 1.19 bits per heavy atom. The second-order valence-corrected chi connectivity index (χ2v) is 7.64. The molecule has 5 atom stereocenters. The number of fused-ring (bicyclic) bond motifs is 2. The Hall–Kier alpha value is -2.60. The second-order valence-electron chi connectivity index (χ2n) is 7.64. The number of hydrogen-bond acceptors (Lipinski definition) is 4. The van der Waals surface area contributed by atoms with Gasteiger partial charge in [0.25, 0.3) is 0 Å². The van der Waals surface area contributed by atoms with Crippen molar-refractivity contribution in [2.24, 2.45) is 13.0 Å². The van der Waals surface area contributed by atoms with E-state index in [0.717, 1.165) is 28.9 Å². The molecule has 0 radical (unpaired) electrons. The van der Waals surface area contributed by atoms with E-state index in [1.54, 1.807) is 0 Å². The minimum absolute atomic E-state index is 0.0442. The fourth-order valence-electron chi connectivity index (χ4n) is 4.33. The normalized spacial score (nSPS) is 28.2. The van der Waals surface area contributed by atoms with Gasteiger partial charge in [0.05, 0.1) is 29.8 Å². The molecule has 2 aromatic rings. The topological polar surface area (TPSA) is 76.4 Å². The third-order valence-electron chi connectivity index (χ3n) is 5.63. The van der Waals surface area contributed by atoms with Gasteiger partial charge < -0.3 is 15.2 Å². The van der Waals surface area contributed by atoms with E-state index in [1.165, 1.54) is 13.1 Å². The number of anilines is 1. The number of rotatable bonds is 3. The van der Waals surface area contributed by atoms with Gasteiger partial charge in [-0.1, -0.05) is 6.07 Å². The van der Waals surface area contributed by atoms with Crippen LogP contribution in [-0.4, -0.2) is 39.1 Å². The lowest BCUT2D eigenvalue weighted by Gasteiger charge is -2.29. The number of aromatic nitrogens is 2. The van der Waals surface area contributed by atoms with E-state index in [9.17, 15) is 36.2 Å². The number of aliphatic hydroxyl groups is 1. The largest absolute Gasteiger partial charge is 0.435 e. The molecular formula is C19H17F6N3O3. The van der Waals surface area contributed by atoms with Crippen molar-refractivity contribution >= 4 is 11.6 Å². The number of aliphatic hydroxyl groups excluding tert-OH is 1. The predicted molar refractivity (Wildman–Crippen MR) is 93.8 cm³/mol. The quantitative estimate of drug-likeness (QED) is 0.705. The molecule has 31 heavy (non-hydrogen) atoms. The van der Waals surface area contributed by atoms with Gasteiger partial charge >= 0.3 is 12.4 Å². The van der Waals surface area contributed by atoms with Crippen molar-refractivity contribution < 1.29 is 41.0 Å². The molecule has 0 aliphatic carbocycles. The van der Waals surface area contributed by atoms with Gasteiger partial charge in [-0.3, -0.25) is 9.48 Å². The number of aryl methyl sites for hydroxylation is 1. The average Bonchev–Trinajstić information content (AvgIpc) is 3.32. The van der Waals surface area contributed by atoms with Crippen LogP contribution in [0, 0.1) is 5.92 Å². The van der Waals surface area contributed by atoms with Crippen LogP contribution in [0.3, 0.4) is 0 Å². The number of halogens is 6. The smallest absolute Gasteiger partial charge is 0.390 e. The maximum Gasteiger partial charge on any atom is 0.435 e. The van der Waals surface area contributed by atoms with Crippen molar-refractivity contribution in [1.82, 2.24) is 9.78 Å². The summed E-state index contributed by atoms with van der Waals surface area (Å²) in [4.78, 5) is 13.0. The SMILES string of the molecule is Cn1nc(C(F)(F)F)cc1C1C2OC(CC2O)C1C(=O)Nc1cccc(C(F)(F)F)c1. The third-order valence-corrected chi connectivity index (χ3v) is 5.63. The van der Waals surface area contributed by atoms with E-state index < -0.39 is 59.7 Å². The highest BCUT2D eigenvalue weighted by Crippen LogP contribution is 2.50. The van der Waals surface area contributed by atoms with E-state index in [0.29, 0.717) is 0 Å². The Labute approximate surface area is 171 Å². The lowest BCUT2D eigenvalue weighted by Crippen LogP contribution is -2.41. The summed E-state index contributed by atoms with van der Waals surface area (Å²) in [5, 5.41) is 16.0. The molecule has 1 aromatic heterocycles. The summed E-state index contributed by atoms with van der Waals surface area (Å²) in [7, 11) is 1.28. The molecule has 2 aliphatic rings. The lowest BCUT2D eigenvalue weighted by molar-refractivity contribution is -0.141. The molecular weight excluding hydrogens is 432 g/mol. The van der Waals surface area contributed by atoms with Gasteiger partial charge in [-0.05, 0) is 24.3 Å². The van der Waals surface area contributed by atoms with Gasteiger partial charge in [0.1, 0.15) is 0 Å². The fourth-order valence-corrected chi connectivity index (χ4v) is 4.33. The maximum absolute atomic E-state index is 13.1. The van der Waals surface area contributed by atoms with Crippen LogP contribution in [-0.2, 0) is 28.9 Å². The van der Waals surface area contributed by atoms with Crippen molar-refractivity contribution in [3.63, 3.8) is 0 Å². The highest BCUT2D eigenvalue weighted by molar-refractivity contribution is 5.94.